The van der Waals surface area contributed by atoms with Crippen molar-refractivity contribution in [1.29, 1.82) is 0 Å². The van der Waals surface area contributed by atoms with Gasteiger partial charge in [0, 0.05) is 29.3 Å². The Morgan fingerprint density at radius 3 is 2.88 bits per heavy atom. The van der Waals surface area contributed by atoms with Gasteiger partial charge < -0.3 is 5.32 Å². The molecular weight excluding hydrogens is 444 g/mol. The van der Waals surface area contributed by atoms with Crippen molar-refractivity contribution in [3.63, 3.8) is 0 Å². The maximum Gasteiger partial charge on any atom is 0.259 e. The zero-order valence-electron chi connectivity index (χ0n) is 17.9. The normalized spacial score (nSPS) is 16.9. The van der Waals surface area contributed by atoms with Crippen LogP contribution in [0.4, 0.5) is 5.69 Å². The number of amides is 2. The van der Waals surface area contributed by atoms with E-state index in [1.54, 1.807) is 4.90 Å². The van der Waals surface area contributed by atoms with E-state index < -0.39 is 6.04 Å². The second-order valence-electron chi connectivity index (χ2n) is 7.71. The minimum atomic E-state index is -0.579. The number of aliphatic imine (C=N–C) groups is 2. The fourth-order valence-electron chi connectivity index (χ4n) is 3.62. The first-order chi connectivity index (χ1) is 15.6. The van der Waals surface area contributed by atoms with Gasteiger partial charge in [0.2, 0.25) is 5.91 Å². The highest BCUT2D eigenvalue weighted by atomic mass is 35.5. The van der Waals surface area contributed by atoms with Gasteiger partial charge in [0.1, 0.15) is 11.9 Å². The third-order valence-electron chi connectivity index (χ3n) is 5.30. The molecule has 0 aromatic heterocycles. The number of hydrogen-bond donors (Lipinski definition) is 1. The number of carbonyl (C=O) groups is 2. The lowest BCUT2D eigenvalue weighted by atomic mass is 10.1. The molecule has 2 aliphatic heterocycles. The molecule has 2 heterocycles. The molecule has 1 N–H and O–H groups in total. The number of unbranched alkanes of at least 4 members (excludes halogenated alkanes) is 1. The van der Waals surface area contributed by atoms with Crippen LogP contribution in [0.2, 0.25) is 5.02 Å². The van der Waals surface area contributed by atoms with Crippen LogP contribution in [0, 0.1) is 0 Å². The zero-order valence-corrected chi connectivity index (χ0v) is 19.5. The van der Waals surface area contributed by atoms with E-state index in [1.807, 2.05) is 48.5 Å². The lowest BCUT2D eigenvalue weighted by Crippen LogP contribution is -2.41. The molecular formula is C24H25ClN4O2S. The molecule has 6 nitrogen and oxygen atoms in total. The number of fused-ring (bicyclic) bond motifs is 3. The predicted octanol–water partition coefficient (Wildman–Crippen LogP) is 4.93. The molecule has 0 unspecified atom stereocenters. The largest absolute Gasteiger partial charge is 0.356 e. The van der Waals surface area contributed by atoms with E-state index in [0.29, 0.717) is 34.7 Å². The number of hydrogen-bond acceptors (Lipinski definition) is 5. The summed E-state index contributed by atoms with van der Waals surface area (Å²) in [4.78, 5) is 36.5. The molecule has 2 amide bonds. The van der Waals surface area contributed by atoms with Crippen molar-refractivity contribution in [2.24, 2.45) is 9.98 Å². The zero-order chi connectivity index (χ0) is 22.5. The van der Waals surface area contributed by atoms with Crippen LogP contribution < -0.4 is 5.32 Å². The molecule has 0 radical (unpaired) electrons. The molecule has 2 aromatic rings. The summed E-state index contributed by atoms with van der Waals surface area (Å²) in [7, 11) is 0. The number of thioether (sulfide) groups is 1. The Hall–Kier alpha value is -2.64. The second-order valence-corrected chi connectivity index (χ2v) is 9.09. The first kappa shape index (κ1) is 22.6. The Labute approximate surface area is 197 Å². The predicted molar refractivity (Wildman–Crippen MR) is 131 cm³/mol. The molecule has 2 aliphatic rings. The van der Waals surface area contributed by atoms with Gasteiger partial charge in [-0.05, 0) is 42.7 Å². The molecule has 0 bridgehead atoms. The third-order valence-corrected chi connectivity index (χ3v) is 6.55. The molecule has 0 fully saturated rings. The number of nitrogens with zero attached hydrogens (tertiary/aromatic N) is 3. The topological polar surface area (TPSA) is 74.1 Å². The van der Waals surface area contributed by atoms with Crippen LogP contribution in [0.3, 0.4) is 0 Å². The van der Waals surface area contributed by atoms with Gasteiger partial charge in [0.05, 0.1) is 5.69 Å². The minimum Gasteiger partial charge on any atom is -0.356 e. The van der Waals surface area contributed by atoms with Crippen molar-refractivity contribution in [2.75, 3.05) is 6.54 Å². The van der Waals surface area contributed by atoms with Gasteiger partial charge in [-0.1, -0.05) is 61.0 Å². The van der Waals surface area contributed by atoms with E-state index in [9.17, 15) is 9.59 Å². The van der Waals surface area contributed by atoms with Crippen molar-refractivity contribution < 1.29 is 9.59 Å². The van der Waals surface area contributed by atoms with Crippen molar-refractivity contribution in [2.45, 2.75) is 44.4 Å². The minimum absolute atomic E-state index is 0.0408. The fraction of sp³-hybridized carbons (Fsp3) is 0.333. The van der Waals surface area contributed by atoms with Crippen LogP contribution in [0.1, 0.15) is 43.7 Å². The average molecular weight is 469 g/mol. The Morgan fingerprint density at radius 1 is 1.22 bits per heavy atom. The lowest BCUT2D eigenvalue weighted by molar-refractivity contribution is -0.125. The van der Waals surface area contributed by atoms with E-state index in [1.165, 1.54) is 11.8 Å². The van der Waals surface area contributed by atoms with Crippen LogP contribution in [0.5, 0.6) is 0 Å². The third kappa shape index (κ3) is 5.05. The SMILES string of the molecule is CCCCNC(=O)CC[C@H]1N=C2c3ccccc3N=C(SCc3cccc(Cl)c3)N2C1=O. The second kappa shape index (κ2) is 10.3. The molecule has 32 heavy (non-hydrogen) atoms. The van der Waals surface area contributed by atoms with Gasteiger partial charge in [0.25, 0.3) is 5.91 Å². The summed E-state index contributed by atoms with van der Waals surface area (Å²) in [6.07, 6.45) is 2.63. The van der Waals surface area contributed by atoms with Gasteiger partial charge in [-0.2, -0.15) is 0 Å². The molecule has 2 aromatic carbocycles. The Balaban J connectivity index is 1.51. The molecule has 8 heteroatoms. The Morgan fingerprint density at radius 2 is 2.06 bits per heavy atom. The molecule has 0 saturated carbocycles. The standard InChI is InChI=1S/C24H25ClN4O2S/c1-2-3-13-26-21(30)12-11-20-23(31)29-22(27-20)18-9-4-5-10-19(18)28-24(29)32-15-16-7-6-8-17(25)14-16/h4-10,14,20H,2-3,11-13,15H2,1H3,(H,26,30)/t20-/m1/s1. The molecule has 166 valence electrons. The highest BCUT2D eigenvalue weighted by Crippen LogP contribution is 2.35. The fourth-order valence-corrected chi connectivity index (χ4v) is 4.78. The summed E-state index contributed by atoms with van der Waals surface area (Å²) in [6, 6.07) is 14.8. The maximum absolute atomic E-state index is 13.3. The Bertz CT molecular complexity index is 1090. The van der Waals surface area contributed by atoms with Gasteiger partial charge in [0.15, 0.2) is 5.17 Å². The summed E-state index contributed by atoms with van der Waals surface area (Å²) in [5, 5.41) is 4.18. The Kier molecular flexibility index (Phi) is 7.27. The van der Waals surface area contributed by atoms with E-state index in [0.717, 1.165) is 29.7 Å². The smallest absolute Gasteiger partial charge is 0.259 e. The van der Waals surface area contributed by atoms with Crippen molar-refractivity contribution in [1.82, 2.24) is 10.2 Å². The molecule has 0 saturated heterocycles. The van der Waals surface area contributed by atoms with Gasteiger partial charge in [-0.15, -0.1) is 0 Å². The summed E-state index contributed by atoms with van der Waals surface area (Å²) in [5.41, 5.74) is 2.68. The highest BCUT2D eigenvalue weighted by Gasteiger charge is 2.41. The van der Waals surface area contributed by atoms with Gasteiger partial charge in [-0.3, -0.25) is 14.6 Å². The van der Waals surface area contributed by atoms with Crippen LogP contribution >= 0.6 is 23.4 Å². The van der Waals surface area contributed by atoms with Crippen molar-refractivity contribution >= 4 is 51.9 Å². The summed E-state index contributed by atoms with van der Waals surface area (Å²) in [6.45, 7) is 2.75. The number of rotatable bonds is 8. The number of para-hydroxylation sites is 1. The van der Waals surface area contributed by atoms with Crippen LogP contribution in [0.25, 0.3) is 0 Å². The van der Waals surface area contributed by atoms with E-state index in [4.69, 9.17) is 21.6 Å². The van der Waals surface area contributed by atoms with Crippen molar-refractivity contribution in [3.05, 3.63) is 64.7 Å². The van der Waals surface area contributed by atoms with Crippen molar-refractivity contribution in [3.8, 4) is 0 Å². The summed E-state index contributed by atoms with van der Waals surface area (Å²) < 4.78 is 0. The average Bonchev–Trinajstić information content (AvgIpc) is 3.13. The summed E-state index contributed by atoms with van der Waals surface area (Å²) >= 11 is 7.59. The quantitative estimate of drug-likeness (QED) is 0.558. The monoisotopic (exact) mass is 468 g/mol. The first-order valence-electron chi connectivity index (χ1n) is 10.8. The van der Waals surface area contributed by atoms with E-state index in [2.05, 4.69) is 12.2 Å². The van der Waals surface area contributed by atoms with Crippen LogP contribution in [0.15, 0.2) is 58.5 Å². The van der Waals surface area contributed by atoms with Gasteiger partial charge >= 0.3 is 0 Å². The number of benzene rings is 2. The number of amidine groups is 2. The van der Waals surface area contributed by atoms with Crippen LogP contribution in [-0.4, -0.2) is 40.3 Å². The van der Waals surface area contributed by atoms with Crippen LogP contribution in [-0.2, 0) is 15.3 Å². The van der Waals surface area contributed by atoms with E-state index >= 15 is 0 Å². The highest BCUT2D eigenvalue weighted by molar-refractivity contribution is 8.13. The first-order valence-corrected chi connectivity index (χ1v) is 12.2. The van der Waals surface area contributed by atoms with E-state index in [-0.39, 0.29) is 18.2 Å². The molecule has 0 spiro atoms. The molecule has 0 aliphatic carbocycles. The lowest BCUT2D eigenvalue weighted by Gasteiger charge is -2.25. The number of nitrogens with one attached hydrogen (secondary N) is 1. The summed E-state index contributed by atoms with van der Waals surface area (Å²) in [5.74, 6) is 1.07. The number of carbonyl (C=O) groups excluding carboxylic acids is 2. The molecule has 1 atom stereocenters. The number of halogens is 1. The van der Waals surface area contributed by atoms with Gasteiger partial charge in [-0.25, -0.2) is 9.89 Å². The maximum atomic E-state index is 13.3. The molecule has 4 rings (SSSR count).